The van der Waals surface area contributed by atoms with E-state index in [0.29, 0.717) is 13.1 Å². The Kier molecular flexibility index (Phi) is 4.99. The maximum Gasteiger partial charge on any atom is 0.241 e. The van der Waals surface area contributed by atoms with Gasteiger partial charge in [0, 0.05) is 19.3 Å². The van der Waals surface area contributed by atoms with Crippen molar-refractivity contribution in [1.82, 2.24) is 4.90 Å². The predicted octanol–water partition coefficient (Wildman–Crippen LogP) is 3.37. The van der Waals surface area contributed by atoms with Crippen molar-refractivity contribution in [2.24, 2.45) is 0 Å². The van der Waals surface area contributed by atoms with Crippen LogP contribution in [0.2, 0.25) is 0 Å². The number of nitrogens with one attached hydrogen (secondary N) is 1. The third-order valence-corrected chi connectivity index (χ3v) is 3.72. The topological polar surface area (TPSA) is 32.3 Å². The number of carbonyl (C=O) groups excluding carboxylic acids is 1. The van der Waals surface area contributed by atoms with Gasteiger partial charge in [0.15, 0.2) is 0 Å². The second kappa shape index (κ2) is 6.93. The maximum atomic E-state index is 12.2. The highest BCUT2D eigenvalue weighted by Crippen LogP contribution is 2.17. The van der Waals surface area contributed by atoms with Crippen LogP contribution < -0.4 is 5.32 Å². The van der Waals surface area contributed by atoms with Gasteiger partial charge in [0.05, 0.1) is 6.54 Å². The van der Waals surface area contributed by atoms with Crippen molar-refractivity contribution < 1.29 is 4.79 Å². The van der Waals surface area contributed by atoms with E-state index in [2.05, 4.69) is 25.2 Å². The second-order valence-electron chi connectivity index (χ2n) is 5.34. The number of nitrogens with zero attached hydrogens (tertiary/aromatic N) is 1. The van der Waals surface area contributed by atoms with Crippen LogP contribution in [0.5, 0.6) is 0 Å². The molecule has 110 valence electrons. The molecule has 0 aliphatic rings. The summed E-state index contributed by atoms with van der Waals surface area (Å²) in [6.07, 6.45) is 0. The monoisotopic (exact) mass is 282 g/mol. The molecular formula is C18H22N2O. The summed E-state index contributed by atoms with van der Waals surface area (Å²) >= 11 is 0. The summed E-state index contributed by atoms with van der Waals surface area (Å²) in [6, 6.07) is 16.1. The van der Waals surface area contributed by atoms with Crippen molar-refractivity contribution in [3.8, 4) is 0 Å². The summed E-state index contributed by atoms with van der Waals surface area (Å²) in [4.78, 5) is 13.9. The molecular weight excluding hydrogens is 260 g/mol. The van der Waals surface area contributed by atoms with Gasteiger partial charge >= 0.3 is 0 Å². The van der Waals surface area contributed by atoms with Gasteiger partial charge in [-0.1, -0.05) is 42.5 Å². The van der Waals surface area contributed by atoms with Gasteiger partial charge in [-0.25, -0.2) is 0 Å². The number of likely N-dealkylation sites (N-methyl/N-ethyl adjacent to an activating group) is 1. The molecule has 0 heterocycles. The van der Waals surface area contributed by atoms with Crippen molar-refractivity contribution in [2.45, 2.75) is 20.4 Å². The summed E-state index contributed by atoms with van der Waals surface area (Å²) in [5, 5.41) is 3.23. The molecule has 0 saturated carbocycles. The molecule has 0 atom stereocenters. The molecule has 2 aromatic rings. The highest BCUT2D eigenvalue weighted by Gasteiger charge is 2.09. The van der Waals surface area contributed by atoms with E-state index in [-0.39, 0.29) is 5.91 Å². The fourth-order valence-corrected chi connectivity index (χ4v) is 2.19. The molecule has 21 heavy (non-hydrogen) atoms. The molecule has 0 spiro atoms. The Morgan fingerprint density at radius 1 is 1.05 bits per heavy atom. The van der Waals surface area contributed by atoms with Crippen LogP contribution in [0.4, 0.5) is 5.69 Å². The van der Waals surface area contributed by atoms with E-state index in [1.54, 1.807) is 4.90 Å². The molecule has 3 nitrogen and oxygen atoms in total. The number of rotatable bonds is 5. The first kappa shape index (κ1) is 15.1. The van der Waals surface area contributed by atoms with Crippen LogP contribution in [0.3, 0.4) is 0 Å². The molecule has 2 aromatic carbocycles. The van der Waals surface area contributed by atoms with Crippen LogP contribution in [-0.4, -0.2) is 24.4 Å². The largest absolute Gasteiger partial charge is 0.376 e. The average molecular weight is 282 g/mol. The highest BCUT2D eigenvalue weighted by molar-refractivity contribution is 5.81. The van der Waals surface area contributed by atoms with E-state index in [1.165, 1.54) is 11.1 Å². The van der Waals surface area contributed by atoms with Crippen molar-refractivity contribution in [1.29, 1.82) is 0 Å². The van der Waals surface area contributed by atoms with Crippen molar-refractivity contribution in [2.75, 3.05) is 18.9 Å². The summed E-state index contributed by atoms with van der Waals surface area (Å²) in [7, 11) is 1.83. The fourth-order valence-electron chi connectivity index (χ4n) is 2.19. The molecule has 0 aromatic heterocycles. The number of benzene rings is 2. The average Bonchev–Trinajstić information content (AvgIpc) is 2.49. The predicted molar refractivity (Wildman–Crippen MR) is 87.3 cm³/mol. The van der Waals surface area contributed by atoms with Crippen LogP contribution in [0.1, 0.15) is 16.7 Å². The third-order valence-electron chi connectivity index (χ3n) is 3.72. The first-order valence-electron chi connectivity index (χ1n) is 7.16. The summed E-state index contributed by atoms with van der Waals surface area (Å²) < 4.78 is 0. The fraction of sp³-hybridized carbons (Fsp3) is 0.278. The van der Waals surface area contributed by atoms with Crippen molar-refractivity contribution >= 4 is 11.6 Å². The first-order chi connectivity index (χ1) is 10.1. The molecule has 0 saturated heterocycles. The minimum atomic E-state index is 0.0831. The maximum absolute atomic E-state index is 12.2. The van der Waals surface area contributed by atoms with E-state index in [9.17, 15) is 4.79 Å². The third kappa shape index (κ3) is 4.09. The van der Waals surface area contributed by atoms with Gasteiger partial charge in [-0.15, -0.1) is 0 Å². The van der Waals surface area contributed by atoms with Gasteiger partial charge in [0.1, 0.15) is 0 Å². The molecule has 0 aliphatic carbocycles. The van der Waals surface area contributed by atoms with Crippen LogP contribution in [-0.2, 0) is 11.3 Å². The molecule has 2 rings (SSSR count). The van der Waals surface area contributed by atoms with Crippen LogP contribution in [0.15, 0.2) is 48.5 Å². The zero-order chi connectivity index (χ0) is 15.2. The van der Waals surface area contributed by atoms with Crippen molar-refractivity contribution in [3.63, 3.8) is 0 Å². The van der Waals surface area contributed by atoms with Gasteiger partial charge in [-0.3, -0.25) is 4.79 Å². The molecule has 0 unspecified atom stereocenters. The standard InChI is InChI=1S/C18H22N2O/c1-14-8-7-11-17(15(14)2)19-12-18(21)20(3)13-16-9-5-4-6-10-16/h4-11,19H,12-13H2,1-3H3. The number of hydrogen-bond donors (Lipinski definition) is 1. The van der Waals surface area contributed by atoms with E-state index in [0.717, 1.165) is 11.3 Å². The molecule has 3 heteroatoms. The summed E-state index contributed by atoms with van der Waals surface area (Å²) in [6.45, 7) is 5.08. The van der Waals surface area contributed by atoms with Gasteiger partial charge in [-0.05, 0) is 36.6 Å². The van der Waals surface area contributed by atoms with Crippen LogP contribution in [0.25, 0.3) is 0 Å². The SMILES string of the molecule is Cc1cccc(NCC(=O)N(C)Cc2ccccc2)c1C. The smallest absolute Gasteiger partial charge is 0.241 e. The summed E-state index contributed by atoms with van der Waals surface area (Å²) in [5.74, 6) is 0.0831. The van der Waals surface area contributed by atoms with Gasteiger partial charge in [-0.2, -0.15) is 0 Å². The van der Waals surface area contributed by atoms with Crippen LogP contribution in [0, 0.1) is 13.8 Å². The molecule has 0 aliphatic heterocycles. The lowest BCUT2D eigenvalue weighted by molar-refractivity contribution is -0.128. The Labute approximate surface area is 126 Å². The Balaban J connectivity index is 1.91. The lowest BCUT2D eigenvalue weighted by Crippen LogP contribution is -2.31. The number of carbonyl (C=O) groups is 1. The van der Waals surface area contributed by atoms with Crippen molar-refractivity contribution in [3.05, 3.63) is 65.2 Å². The molecule has 1 amide bonds. The van der Waals surface area contributed by atoms with E-state index in [1.807, 2.05) is 49.5 Å². The minimum Gasteiger partial charge on any atom is -0.376 e. The zero-order valence-corrected chi connectivity index (χ0v) is 12.9. The lowest BCUT2D eigenvalue weighted by Gasteiger charge is -2.19. The van der Waals surface area contributed by atoms with Crippen LogP contribution >= 0.6 is 0 Å². The Hall–Kier alpha value is -2.29. The molecule has 0 radical (unpaired) electrons. The quantitative estimate of drug-likeness (QED) is 0.912. The Morgan fingerprint density at radius 3 is 2.48 bits per heavy atom. The first-order valence-corrected chi connectivity index (χ1v) is 7.16. The normalized spacial score (nSPS) is 10.2. The zero-order valence-electron chi connectivity index (χ0n) is 12.9. The molecule has 1 N–H and O–H groups in total. The van der Waals surface area contributed by atoms with Gasteiger partial charge in [0.2, 0.25) is 5.91 Å². The lowest BCUT2D eigenvalue weighted by atomic mass is 10.1. The van der Waals surface area contributed by atoms with Gasteiger partial charge < -0.3 is 10.2 Å². The second-order valence-corrected chi connectivity index (χ2v) is 5.34. The van der Waals surface area contributed by atoms with E-state index < -0.39 is 0 Å². The van der Waals surface area contributed by atoms with E-state index >= 15 is 0 Å². The molecule has 0 fully saturated rings. The number of amides is 1. The number of anilines is 1. The number of aryl methyl sites for hydroxylation is 1. The highest BCUT2D eigenvalue weighted by atomic mass is 16.2. The molecule has 0 bridgehead atoms. The Morgan fingerprint density at radius 2 is 1.76 bits per heavy atom. The van der Waals surface area contributed by atoms with Gasteiger partial charge in [0.25, 0.3) is 0 Å². The number of hydrogen-bond acceptors (Lipinski definition) is 2. The minimum absolute atomic E-state index is 0.0831. The Bertz CT molecular complexity index is 608. The van der Waals surface area contributed by atoms with E-state index in [4.69, 9.17) is 0 Å². The summed E-state index contributed by atoms with van der Waals surface area (Å²) in [5.41, 5.74) is 4.58.